The van der Waals surface area contributed by atoms with Crippen LogP contribution in [-0.2, 0) is 20.7 Å². The van der Waals surface area contributed by atoms with Gasteiger partial charge in [0.25, 0.3) is 0 Å². The van der Waals surface area contributed by atoms with Crippen molar-refractivity contribution in [2.24, 2.45) is 0 Å². The minimum atomic E-state index is -0.290. The summed E-state index contributed by atoms with van der Waals surface area (Å²) >= 11 is 1.52. The summed E-state index contributed by atoms with van der Waals surface area (Å²) in [6.07, 6.45) is 2.31. The van der Waals surface area contributed by atoms with Crippen LogP contribution in [0.25, 0.3) is 10.6 Å². The Kier molecular flexibility index (Phi) is 9.03. The number of nitrogens with zero attached hydrogens (tertiary/aromatic N) is 2. The number of aromatic nitrogens is 1. The van der Waals surface area contributed by atoms with Gasteiger partial charge in [0.15, 0.2) is 0 Å². The van der Waals surface area contributed by atoms with E-state index in [1.807, 2.05) is 35.7 Å². The van der Waals surface area contributed by atoms with E-state index in [0.29, 0.717) is 39.1 Å². The molecule has 0 spiro atoms. The Hall–Kier alpha value is -2.94. The average molecular weight is 459 g/mol. The fraction of sp³-hybridized carbons (Fsp3) is 0.478. The molecule has 3 rings (SSSR count). The van der Waals surface area contributed by atoms with E-state index in [2.05, 4.69) is 15.6 Å². The van der Waals surface area contributed by atoms with Gasteiger partial charge in [-0.15, -0.1) is 11.3 Å². The highest BCUT2D eigenvalue weighted by Crippen LogP contribution is 2.23. The summed E-state index contributed by atoms with van der Waals surface area (Å²) < 4.78 is 5.00. The molecule has 0 saturated carbocycles. The first-order chi connectivity index (χ1) is 15.5. The molecule has 1 fully saturated rings. The number of piperidine rings is 1. The topological polar surface area (TPSA) is 101 Å². The Morgan fingerprint density at radius 2 is 1.91 bits per heavy atom. The van der Waals surface area contributed by atoms with Crippen LogP contribution in [0.2, 0.25) is 0 Å². The molecule has 1 aliphatic rings. The highest BCUT2D eigenvalue weighted by Gasteiger charge is 2.24. The molecule has 1 saturated heterocycles. The van der Waals surface area contributed by atoms with E-state index >= 15 is 0 Å². The van der Waals surface area contributed by atoms with Gasteiger partial charge in [-0.1, -0.05) is 30.3 Å². The number of carbonyl (C=O) groups excluding carboxylic acids is 3. The van der Waals surface area contributed by atoms with Crippen molar-refractivity contribution in [1.29, 1.82) is 0 Å². The van der Waals surface area contributed by atoms with Gasteiger partial charge in [-0.05, 0) is 26.2 Å². The first kappa shape index (κ1) is 23.7. The zero-order valence-corrected chi connectivity index (χ0v) is 19.2. The van der Waals surface area contributed by atoms with Crippen molar-refractivity contribution in [3.05, 3.63) is 41.4 Å². The van der Waals surface area contributed by atoms with Crippen molar-refractivity contribution in [2.75, 3.05) is 26.2 Å². The molecular formula is C23H30N4O4S. The minimum Gasteiger partial charge on any atom is -0.450 e. The smallest absolute Gasteiger partial charge is 0.409 e. The summed E-state index contributed by atoms with van der Waals surface area (Å²) in [6, 6.07) is 9.96. The van der Waals surface area contributed by atoms with E-state index < -0.39 is 0 Å². The number of hydrogen-bond acceptors (Lipinski definition) is 6. The SMILES string of the molecule is CCOC(=O)N1CCC(NC(=O)CCCNC(=O)Cc2csc(-c3ccccc3)n2)CC1. The van der Waals surface area contributed by atoms with Crippen LogP contribution in [0.1, 0.15) is 38.3 Å². The lowest BCUT2D eigenvalue weighted by molar-refractivity contribution is -0.123. The summed E-state index contributed by atoms with van der Waals surface area (Å²) in [5.41, 5.74) is 1.79. The predicted molar refractivity (Wildman–Crippen MR) is 123 cm³/mol. The van der Waals surface area contributed by atoms with Crippen molar-refractivity contribution < 1.29 is 19.1 Å². The third kappa shape index (κ3) is 7.33. The van der Waals surface area contributed by atoms with Crippen molar-refractivity contribution >= 4 is 29.2 Å². The van der Waals surface area contributed by atoms with Gasteiger partial charge in [-0.25, -0.2) is 9.78 Å². The summed E-state index contributed by atoms with van der Waals surface area (Å²) in [4.78, 5) is 42.2. The van der Waals surface area contributed by atoms with Gasteiger partial charge in [0.2, 0.25) is 11.8 Å². The van der Waals surface area contributed by atoms with Crippen LogP contribution in [0.3, 0.4) is 0 Å². The Labute approximate surface area is 192 Å². The third-order valence-electron chi connectivity index (χ3n) is 5.20. The van der Waals surface area contributed by atoms with Gasteiger partial charge >= 0.3 is 6.09 Å². The average Bonchev–Trinajstić information content (AvgIpc) is 3.26. The van der Waals surface area contributed by atoms with Crippen molar-refractivity contribution in [1.82, 2.24) is 20.5 Å². The van der Waals surface area contributed by atoms with E-state index in [4.69, 9.17) is 4.74 Å². The van der Waals surface area contributed by atoms with Crippen molar-refractivity contribution in [3.8, 4) is 10.6 Å². The normalized spacial score (nSPS) is 14.1. The highest BCUT2D eigenvalue weighted by molar-refractivity contribution is 7.13. The van der Waals surface area contributed by atoms with E-state index in [9.17, 15) is 14.4 Å². The van der Waals surface area contributed by atoms with Crippen LogP contribution in [0, 0.1) is 0 Å². The molecule has 3 amide bonds. The maximum atomic E-state index is 12.2. The number of thiazole rings is 1. The number of nitrogens with one attached hydrogen (secondary N) is 2. The minimum absolute atomic E-state index is 0.0270. The maximum absolute atomic E-state index is 12.2. The van der Waals surface area contributed by atoms with E-state index in [1.165, 1.54) is 11.3 Å². The van der Waals surface area contributed by atoms with Crippen LogP contribution in [-0.4, -0.2) is 60.1 Å². The molecule has 2 heterocycles. The fourth-order valence-electron chi connectivity index (χ4n) is 3.53. The summed E-state index contributed by atoms with van der Waals surface area (Å²) in [7, 11) is 0. The molecular weight excluding hydrogens is 428 g/mol. The van der Waals surface area contributed by atoms with Gasteiger partial charge in [0.1, 0.15) is 5.01 Å². The van der Waals surface area contributed by atoms with Gasteiger partial charge in [0.05, 0.1) is 18.7 Å². The number of hydrogen-bond donors (Lipinski definition) is 2. The zero-order valence-electron chi connectivity index (χ0n) is 18.3. The predicted octanol–water partition coefficient (Wildman–Crippen LogP) is 2.99. The van der Waals surface area contributed by atoms with E-state index in [1.54, 1.807) is 11.8 Å². The molecule has 1 aromatic heterocycles. The second kappa shape index (κ2) is 12.2. The number of benzene rings is 1. The van der Waals surface area contributed by atoms with Crippen LogP contribution in [0.15, 0.2) is 35.7 Å². The molecule has 1 aromatic carbocycles. The second-order valence-electron chi connectivity index (χ2n) is 7.67. The Morgan fingerprint density at radius 3 is 2.62 bits per heavy atom. The summed E-state index contributed by atoms with van der Waals surface area (Å²) in [5, 5.41) is 8.68. The molecule has 0 unspecified atom stereocenters. The first-order valence-corrected chi connectivity index (χ1v) is 11.9. The van der Waals surface area contributed by atoms with Crippen LogP contribution < -0.4 is 10.6 Å². The Balaban J connectivity index is 1.28. The van der Waals surface area contributed by atoms with Gasteiger partial charge in [-0.3, -0.25) is 9.59 Å². The molecule has 0 aliphatic carbocycles. The van der Waals surface area contributed by atoms with Crippen LogP contribution in [0.5, 0.6) is 0 Å². The van der Waals surface area contributed by atoms with Gasteiger partial charge in [0, 0.05) is 43.0 Å². The molecule has 0 bridgehead atoms. The molecule has 0 radical (unpaired) electrons. The maximum Gasteiger partial charge on any atom is 0.409 e. The van der Waals surface area contributed by atoms with Crippen molar-refractivity contribution in [3.63, 3.8) is 0 Å². The number of rotatable bonds is 9. The van der Waals surface area contributed by atoms with Crippen LogP contribution >= 0.6 is 11.3 Å². The third-order valence-corrected chi connectivity index (χ3v) is 6.14. The summed E-state index contributed by atoms with van der Waals surface area (Å²) in [6.45, 7) is 3.77. The number of amides is 3. The standard InChI is InChI=1S/C23H30N4O4S/c1-2-31-23(30)27-13-10-18(11-14-27)25-20(28)9-6-12-24-21(29)15-19-16-32-22(26-19)17-7-4-3-5-8-17/h3-5,7-8,16,18H,2,6,9-15H2,1H3,(H,24,29)(H,25,28). The van der Waals surface area contributed by atoms with E-state index in [0.717, 1.165) is 29.1 Å². The molecule has 8 nitrogen and oxygen atoms in total. The summed E-state index contributed by atoms with van der Waals surface area (Å²) in [5.74, 6) is -0.123. The highest BCUT2D eigenvalue weighted by atomic mass is 32.1. The quantitative estimate of drug-likeness (QED) is 0.563. The number of carbonyl (C=O) groups is 3. The second-order valence-corrected chi connectivity index (χ2v) is 8.53. The molecule has 9 heteroatoms. The van der Waals surface area contributed by atoms with Gasteiger partial charge in [-0.2, -0.15) is 0 Å². The molecule has 0 atom stereocenters. The largest absolute Gasteiger partial charge is 0.450 e. The molecule has 1 aliphatic heterocycles. The number of likely N-dealkylation sites (tertiary alicyclic amines) is 1. The Bertz CT molecular complexity index is 894. The van der Waals surface area contributed by atoms with Gasteiger partial charge < -0.3 is 20.3 Å². The molecule has 172 valence electrons. The fourth-order valence-corrected chi connectivity index (χ4v) is 4.35. The molecule has 2 N–H and O–H groups in total. The van der Waals surface area contributed by atoms with Crippen molar-refractivity contribution in [2.45, 2.75) is 45.1 Å². The van der Waals surface area contributed by atoms with Crippen LogP contribution in [0.4, 0.5) is 4.79 Å². The lowest BCUT2D eigenvalue weighted by Crippen LogP contribution is -2.46. The first-order valence-electron chi connectivity index (χ1n) is 11.0. The lowest BCUT2D eigenvalue weighted by atomic mass is 10.1. The lowest BCUT2D eigenvalue weighted by Gasteiger charge is -2.31. The molecule has 2 aromatic rings. The number of ether oxygens (including phenoxy) is 1. The Morgan fingerprint density at radius 1 is 1.16 bits per heavy atom. The van der Waals surface area contributed by atoms with E-state index in [-0.39, 0.29) is 30.4 Å². The molecule has 32 heavy (non-hydrogen) atoms. The zero-order chi connectivity index (χ0) is 22.8. The monoisotopic (exact) mass is 458 g/mol.